The minimum Gasteiger partial charge on any atom is -0.507 e. The quantitative estimate of drug-likeness (QED) is 0.180. The van der Waals surface area contributed by atoms with Crippen LogP contribution in [0.4, 0.5) is 5.69 Å². The maximum absolute atomic E-state index is 13.5. The number of fused-ring (bicyclic) bond motifs is 1. The summed E-state index contributed by atoms with van der Waals surface area (Å²) in [5, 5.41) is 24.1. The SMILES string of the molecule is CCOc1cc(C2/C(=C(\O)c3ccc4ccccc4c3)C(=O)C(=O)N2c2ccc(Cl)cc2C)ccc1O. The van der Waals surface area contributed by atoms with Gasteiger partial charge < -0.3 is 14.9 Å². The zero-order valence-corrected chi connectivity index (χ0v) is 21.0. The number of aromatic hydroxyl groups is 1. The van der Waals surface area contributed by atoms with Crippen molar-refractivity contribution in [2.45, 2.75) is 19.9 Å². The van der Waals surface area contributed by atoms with E-state index in [0.29, 0.717) is 34.0 Å². The summed E-state index contributed by atoms with van der Waals surface area (Å²) in [5.41, 5.74) is 2.03. The Morgan fingerprint density at radius 2 is 1.73 bits per heavy atom. The first-order chi connectivity index (χ1) is 17.8. The lowest BCUT2D eigenvalue weighted by Gasteiger charge is -2.27. The van der Waals surface area contributed by atoms with Crippen molar-refractivity contribution in [3.63, 3.8) is 0 Å². The predicted molar refractivity (Wildman–Crippen MR) is 144 cm³/mol. The van der Waals surface area contributed by atoms with Gasteiger partial charge in [-0.15, -0.1) is 0 Å². The van der Waals surface area contributed by atoms with Crippen molar-refractivity contribution >= 4 is 45.5 Å². The Hall–Kier alpha value is -4.29. The second-order valence-corrected chi connectivity index (χ2v) is 9.26. The molecule has 0 aromatic heterocycles. The van der Waals surface area contributed by atoms with Gasteiger partial charge in [-0.25, -0.2) is 0 Å². The summed E-state index contributed by atoms with van der Waals surface area (Å²) in [6.07, 6.45) is 0. The van der Waals surface area contributed by atoms with Crippen LogP contribution < -0.4 is 9.64 Å². The fourth-order valence-corrected chi connectivity index (χ4v) is 4.98. The van der Waals surface area contributed by atoms with Crippen LogP contribution in [0.1, 0.15) is 29.7 Å². The highest BCUT2D eigenvalue weighted by Crippen LogP contribution is 2.45. The molecule has 5 rings (SSSR count). The number of ether oxygens (including phenoxy) is 1. The van der Waals surface area contributed by atoms with Gasteiger partial charge >= 0.3 is 0 Å². The van der Waals surface area contributed by atoms with E-state index in [-0.39, 0.29) is 22.8 Å². The monoisotopic (exact) mass is 513 g/mol. The predicted octanol–water partition coefficient (Wildman–Crippen LogP) is 6.53. The number of aliphatic hydroxyl groups is 1. The summed E-state index contributed by atoms with van der Waals surface area (Å²) in [4.78, 5) is 28.3. The number of aliphatic hydroxyl groups excluding tert-OH is 1. The number of amides is 1. The number of nitrogens with zero attached hydrogens (tertiary/aromatic N) is 1. The highest BCUT2D eigenvalue weighted by molar-refractivity contribution is 6.52. The molecule has 4 aromatic carbocycles. The number of rotatable bonds is 5. The van der Waals surface area contributed by atoms with E-state index in [2.05, 4.69) is 0 Å². The van der Waals surface area contributed by atoms with Crippen molar-refractivity contribution in [1.29, 1.82) is 0 Å². The summed E-state index contributed by atoms with van der Waals surface area (Å²) in [6, 6.07) is 21.7. The normalized spacial score (nSPS) is 16.9. The summed E-state index contributed by atoms with van der Waals surface area (Å²) >= 11 is 6.16. The number of carbonyl (C=O) groups excluding carboxylic acids is 2. The second kappa shape index (κ2) is 9.64. The van der Waals surface area contributed by atoms with Crippen LogP contribution in [0.25, 0.3) is 16.5 Å². The average molecular weight is 514 g/mol. The van der Waals surface area contributed by atoms with Gasteiger partial charge in [0.2, 0.25) is 0 Å². The number of phenols is 1. The lowest BCUT2D eigenvalue weighted by atomic mass is 9.94. The molecule has 1 heterocycles. The highest BCUT2D eigenvalue weighted by atomic mass is 35.5. The van der Waals surface area contributed by atoms with Crippen LogP contribution in [0.15, 0.2) is 84.4 Å². The van der Waals surface area contributed by atoms with Crippen molar-refractivity contribution < 1.29 is 24.5 Å². The third-order valence-electron chi connectivity index (χ3n) is 6.49. The number of anilines is 1. The molecule has 1 amide bonds. The van der Waals surface area contributed by atoms with Gasteiger partial charge in [0, 0.05) is 16.3 Å². The van der Waals surface area contributed by atoms with Crippen molar-refractivity contribution in [3.8, 4) is 11.5 Å². The van der Waals surface area contributed by atoms with Crippen LogP contribution in [0.3, 0.4) is 0 Å². The minimum absolute atomic E-state index is 0.0530. The third-order valence-corrected chi connectivity index (χ3v) is 6.72. The van der Waals surface area contributed by atoms with Crippen LogP contribution in [-0.2, 0) is 9.59 Å². The number of Topliss-reactive ketones (excluding diaryl/α,β-unsaturated/α-hetero) is 1. The van der Waals surface area contributed by atoms with Crippen LogP contribution in [-0.4, -0.2) is 28.5 Å². The standard InChI is InChI=1S/C30H24ClNO5/c1-3-37-25-16-20(10-13-24(25)33)27-26(28(34)21-9-8-18-6-4-5-7-19(18)15-21)29(35)30(36)32(27)23-12-11-22(31)14-17(23)2/h4-16,27,33-34H,3H2,1-2H3/b28-26+. The number of benzene rings is 4. The molecule has 1 unspecified atom stereocenters. The fraction of sp³-hybridized carbons (Fsp3) is 0.133. The molecule has 186 valence electrons. The Morgan fingerprint density at radius 1 is 0.973 bits per heavy atom. The maximum Gasteiger partial charge on any atom is 0.300 e. The Bertz CT molecular complexity index is 1590. The molecule has 6 nitrogen and oxygen atoms in total. The van der Waals surface area contributed by atoms with Crippen molar-refractivity contribution in [2.75, 3.05) is 11.5 Å². The largest absolute Gasteiger partial charge is 0.507 e. The lowest BCUT2D eigenvalue weighted by Crippen LogP contribution is -2.30. The van der Waals surface area contributed by atoms with Gasteiger partial charge in [-0.1, -0.05) is 54.1 Å². The molecule has 0 aliphatic carbocycles. The van der Waals surface area contributed by atoms with Crippen LogP contribution in [0.5, 0.6) is 11.5 Å². The lowest BCUT2D eigenvalue weighted by molar-refractivity contribution is -0.132. The zero-order valence-electron chi connectivity index (χ0n) is 20.2. The van der Waals surface area contributed by atoms with E-state index in [1.165, 1.54) is 11.0 Å². The summed E-state index contributed by atoms with van der Waals surface area (Å²) in [5.74, 6) is -1.72. The van der Waals surface area contributed by atoms with E-state index < -0.39 is 17.7 Å². The van der Waals surface area contributed by atoms with Crippen LogP contribution in [0, 0.1) is 6.92 Å². The smallest absolute Gasteiger partial charge is 0.300 e. The summed E-state index contributed by atoms with van der Waals surface area (Å²) in [6.45, 7) is 3.89. The van der Waals surface area contributed by atoms with E-state index in [0.717, 1.165) is 10.8 Å². The van der Waals surface area contributed by atoms with Crippen LogP contribution in [0.2, 0.25) is 5.02 Å². The Labute approximate surface area is 219 Å². The first-order valence-electron chi connectivity index (χ1n) is 11.8. The molecule has 0 radical (unpaired) electrons. The summed E-state index contributed by atoms with van der Waals surface area (Å²) < 4.78 is 5.57. The number of halogens is 1. The molecule has 37 heavy (non-hydrogen) atoms. The first kappa shape index (κ1) is 24.4. The average Bonchev–Trinajstić information content (AvgIpc) is 3.15. The number of ketones is 1. The molecule has 1 aliphatic rings. The molecule has 0 spiro atoms. The van der Waals surface area contributed by atoms with Crippen molar-refractivity contribution in [1.82, 2.24) is 0 Å². The van der Waals surface area contributed by atoms with Gasteiger partial charge in [-0.2, -0.15) is 0 Å². The fourth-order valence-electron chi connectivity index (χ4n) is 4.75. The molecular formula is C30H24ClNO5. The molecule has 0 saturated carbocycles. The van der Waals surface area contributed by atoms with E-state index in [9.17, 15) is 19.8 Å². The first-order valence-corrected chi connectivity index (χ1v) is 12.2. The topological polar surface area (TPSA) is 87.1 Å². The van der Waals surface area contributed by atoms with Gasteiger partial charge in [-0.3, -0.25) is 14.5 Å². The van der Waals surface area contributed by atoms with Gasteiger partial charge in [0.05, 0.1) is 18.2 Å². The van der Waals surface area contributed by atoms with Crippen molar-refractivity contribution in [2.24, 2.45) is 0 Å². The zero-order chi connectivity index (χ0) is 26.3. The molecule has 1 fully saturated rings. The molecule has 7 heteroatoms. The van der Waals surface area contributed by atoms with Crippen molar-refractivity contribution in [3.05, 3.63) is 106 Å². The Morgan fingerprint density at radius 3 is 2.46 bits per heavy atom. The molecule has 2 N–H and O–H groups in total. The number of hydrogen-bond donors (Lipinski definition) is 2. The van der Waals surface area contributed by atoms with E-state index in [4.69, 9.17) is 16.3 Å². The Balaban J connectivity index is 1.76. The number of phenolic OH excluding ortho intramolecular Hbond substituents is 1. The molecule has 1 saturated heterocycles. The highest BCUT2D eigenvalue weighted by Gasteiger charge is 2.47. The minimum atomic E-state index is -0.967. The van der Waals surface area contributed by atoms with Crippen LogP contribution >= 0.6 is 11.6 Å². The number of hydrogen-bond acceptors (Lipinski definition) is 5. The van der Waals surface area contributed by atoms with E-state index >= 15 is 0 Å². The van der Waals surface area contributed by atoms with E-state index in [1.807, 2.05) is 30.3 Å². The van der Waals surface area contributed by atoms with E-state index in [1.54, 1.807) is 56.3 Å². The Kier molecular flexibility index (Phi) is 6.36. The number of aryl methyl sites for hydroxylation is 1. The molecule has 1 atom stereocenters. The number of carbonyl (C=O) groups is 2. The van der Waals surface area contributed by atoms with Gasteiger partial charge in [0.1, 0.15) is 5.76 Å². The summed E-state index contributed by atoms with van der Waals surface area (Å²) in [7, 11) is 0. The molecular weight excluding hydrogens is 490 g/mol. The van der Waals surface area contributed by atoms with Gasteiger partial charge in [-0.05, 0) is 72.1 Å². The molecule has 0 bridgehead atoms. The molecule has 4 aromatic rings. The van der Waals surface area contributed by atoms with Gasteiger partial charge in [0.25, 0.3) is 11.7 Å². The maximum atomic E-state index is 13.5. The third kappa shape index (κ3) is 4.30. The van der Waals surface area contributed by atoms with Gasteiger partial charge in [0.15, 0.2) is 11.5 Å². The second-order valence-electron chi connectivity index (χ2n) is 8.82. The molecule has 1 aliphatic heterocycles.